The van der Waals surface area contributed by atoms with Crippen molar-refractivity contribution >= 4 is 11.9 Å². The van der Waals surface area contributed by atoms with E-state index < -0.39 is 30.5 Å². The number of ether oxygens (including phenoxy) is 1. The molecule has 0 saturated heterocycles. The monoisotopic (exact) mass is 239 g/mol. The van der Waals surface area contributed by atoms with Crippen LogP contribution in [0, 0.1) is 0 Å². The van der Waals surface area contributed by atoms with Crippen LogP contribution in [0.2, 0.25) is 0 Å². The zero-order valence-corrected chi connectivity index (χ0v) is 8.95. The number of aliphatic carboxylic acids is 2. The van der Waals surface area contributed by atoms with Crippen LogP contribution in [0.3, 0.4) is 0 Å². The maximum Gasteiger partial charge on any atom is 0.324 e. The second kappa shape index (κ2) is 5.86. The molecule has 17 heavy (non-hydrogen) atoms. The van der Waals surface area contributed by atoms with Crippen LogP contribution in [0.15, 0.2) is 30.3 Å². The summed E-state index contributed by atoms with van der Waals surface area (Å²) in [7, 11) is 0. The van der Waals surface area contributed by atoms with Gasteiger partial charge in [0.05, 0.1) is 6.42 Å². The molecule has 4 N–H and O–H groups in total. The Bertz CT molecular complexity index is 392. The molecule has 0 heterocycles. The number of hydrogen-bond acceptors (Lipinski definition) is 4. The molecule has 0 aliphatic carbocycles. The average Bonchev–Trinajstić information content (AvgIpc) is 2.28. The fourth-order valence-corrected chi connectivity index (χ4v) is 1.25. The standard InChI is InChI=1S/C11H13NO5/c12-10(11(15)16)8(6-9(13)14)17-7-4-2-1-3-5-7/h1-5,8,10H,6,12H2,(H,13,14)(H,15,16). The van der Waals surface area contributed by atoms with Crippen molar-refractivity contribution in [2.75, 3.05) is 0 Å². The van der Waals surface area contributed by atoms with Crippen LogP contribution < -0.4 is 10.5 Å². The number of carboxylic acid groups (broad SMARTS) is 2. The normalized spacial score (nSPS) is 13.7. The van der Waals surface area contributed by atoms with Gasteiger partial charge in [0, 0.05) is 0 Å². The van der Waals surface area contributed by atoms with Gasteiger partial charge >= 0.3 is 11.9 Å². The number of rotatable bonds is 6. The summed E-state index contributed by atoms with van der Waals surface area (Å²) in [5.41, 5.74) is 5.37. The highest BCUT2D eigenvalue weighted by Gasteiger charge is 2.28. The summed E-state index contributed by atoms with van der Waals surface area (Å²) in [5, 5.41) is 17.4. The molecule has 1 aromatic carbocycles. The molecule has 0 fully saturated rings. The Morgan fingerprint density at radius 3 is 2.29 bits per heavy atom. The lowest BCUT2D eigenvalue weighted by Crippen LogP contribution is -2.46. The van der Waals surface area contributed by atoms with Gasteiger partial charge in [0.2, 0.25) is 0 Å². The molecule has 0 aliphatic heterocycles. The van der Waals surface area contributed by atoms with E-state index in [1.807, 2.05) is 0 Å². The second-order valence-electron chi connectivity index (χ2n) is 3.43. The van der Waals surface area contributed by atoms with E-state index in [0.29, 0.717) is 5.75 Å². The van der Waals surface area contributed by atoms with E-state index in [9.17, 15) is 9.59 Å². The molecule has 2 unspecified atom stereocenters. The van der Waals surface area contributed by atoms with Crippen molar-refractivity contribution in [3.05, 3.63) is 30.3 Å². The molecular formula is C11H13NO5. The molecule has 6 nitrogen and oxygen atoms in total. The summed E-state index contributed by atoms with van der Waals surface area (Å²) in [6, 6.07) is 6.97. The molecular weight excluding hydrogens is 226 g/mol. The summed E-state index contributed by atoms with van der Waals surface area (Å²) in [5.74, 6) is -2.08. The molecule has 0 bridgehead atoms. The maximum absolute atomic E-state index is 10.7. The summed E-state index contributed by atoms with van der Waals surface area (Å²) in [6.45, 7) is 0. The van der Waals surface area contributed by atoms with E-state index in [2.05, 4.69) is 0 Å². The van der Waals surface area contributed by atoms with Crippen LogP contribution in [0.4, 0.5) is 0 Å². The molecule has 0 saturated carbocycles. The highest BCUT2D eigenvalue weighted by Crippen LogP contribution is 2.14. The van der Waals surface area contributed by atoms with Crippen molar-refractivity contribution in [3.8, 4) is 5.75 Å². The Kier molecular flexibility index (Phi) is 4.47. The fourth-order valence-electron chi connectivity index (χ4n) is 1.25. The van der Waals surface area contributed by atoms with Crippen molar-refractivity contribution in [2.45, 2.75) is 18.6 Å². The van der Waals surface area contributed by atoms with Crippen molar-refractivity contribution in [1.82, 2.24) is 0 Å². The van der Waals surface area contributed by atoms with Gasteiger partial charge in [0.15, 0.2) is 0 Å². The van der Waals surface area contributed by atoms with Crippen molar-refractivity contribution < 1.29 is 24.5 Å². The lowest BCUT2D eigenvalue weighted by molar-refractivity contribution is -0.143. The Hall–Kier alpha value is -2.08. The highest BCUT2D eigenvalue weighted by molar-refractivity contribution is 5.76. The molecule has 0 aromatic heterocycles. The smallest absolute Gasteiger partial charge is 0.324 e. The maximum atomic E-state index is 10.7. The van der Waals surface area contributed by atoms with Crippen molar-refractivity contribution in [1.29, 1.82) is 0 Å². The van der Waals surface area contributed by atoms with E-state index in [-0.39, 0.29) is 0 Å². The largest absolute Gasteiger partial charge is 0.488 e. The molecule has 1 rings (SSSR count). The number of carboxylic acids is 2. The van der Waals surface area contributed by atoms with Crippen LogP contribution in [0.25, 0.3) is 0 Å². The number of benzene rings is 1. The van der Waals surface area contributed by atoms with Gasteiger partial charge in [-0.1, -0.05) is 18.2 Å². The number of carbonyl (C=O) groups is 2. The molecule has 6 heteroatoms. The molecule has 92 valence electrons. The molecule has 1 aromatic rings. The average molecular weight is 239 g/mol. The van der Waals surface area contributed by atoms with E-state index in [0.717, 1.165) is 0 Å². The Morgan fingerprint density at radius 2 is 1.82 bits per heavy atom. The lowest BCUT2D eigenvalue weighted by Gasteiger charge is -2.20. The molecule has 2 atom stereocenters. The molecule has 0 spiro atoms. The zero-order chi connectivity index (χ0) is 12.8. The Morgan fingerprint density at radius 1 is 1.24 bits per heavy atom. The summed E-state index contributed by atoms with van der Waals surface area (Å²) in [4.78, 5) is 21.3. The first-order valence-corrected chi connectivity index (χ1v) is 4.92. The molecule has 0 amide bonds. The van der Waals surface area contributed by atoms with Gasteiger partial charge in [0.25, 0.3) is 0 Å². The van der Waals surface area contributed by atoms with Crippen LogP contribution in [-0.2, 0) is 9.59 Å². The van der Waals surface area contributed by atoms with E-state index in [4.69, 9.17) is 20.7 Å². The van der Waals surface area contributed by atoms with E-state index in [1.165, 1.54) is 0 Å². The van der Waals surface area contributed by atoms with Crippen molar-refractivity contribution in [3.63, 3.8) is 0 Å². The van der Waals surface area contributed by atoms with Gasteiger partial charge in [-0.25, -0.2) is 0 Å². The van der Waals surface area contributed by atoms with E-state index in [1.54, 1.807) is 30.3 Å². The van der Waals surface area contributed by atoms with Crippen LogP contribution >= 0.6 is 0 Å². The SMILES string of the molecule is NC(C(=O)O)C(CC(=O)O)Oc1ccccc1. The van der Waals surface area contributed by atoms with Crippen LogP contribution in [0.1, 0.15) is 6.42 Å². The van der Waals surface area contributed by atoms with Gasteiger partial charge in [-0.15, -0.1) is 0 Å². The number of hydrogen-bond donors (Lipinski definition) is 3. The van der Waals surface area contributed by atoms with Crippen molar-refractivity contribution in [2.24, 2.45) is 5.73 Å². The summed E-state index contributed by atoms with van der Waals surface area (Å²) >= 11 is 0. The van der Waals surface area contributed by atoms with Gasteiger partial charge in [0.1, 0.15) is 17.9 Å². The van der Waals surface area contributed by atoms with Crippen LogP contribution in [0.5, 0.6) is 5.75 Å². The van der Waals surface area contributed by atoms with Gasteiger partial charge in [-0.2, -0.15) is 0 Å². The predicted octanol–water partition coefficient (Wildman–Crippen LogP) is 0.321. The summed E-state index contributed by atoms with van der Waals surface area (Å²) < 4.78 is 5.26. The first-order chi connectivity index (χ1) is 8.00. The number of para-hydroxylation sites is 1. The molecule has 0 radical (unpaired) electrons. The van der Waals surface area contributed by atoms with Gasteiger partial charge in [-0.3, -0.25) is 9.59 Å². The Balaban J connectivity index is 2.77. The predicted molar refractivity (Wildman–Crippen MR) is 58.7 cm³/mol. The third-order valence-corrected chi connectivity index (χ3v) is 2.09. The third kappa shape index (κ3) is 4.12. The van der Waals surface area contributed by atoms with E-state index >= 15 is 0 Å². The molecule has 0 aliphatic rings. The quantitative estimate of drug-likeness (QED) is 0.659. The zero-order valence-electron chi connectivity index (χ0n) is 8.95. The first-order valence-electron chi connectivity index (χ1n) is 4.92. The Labute approximate surface area is 97.6 Å². The minimum atomic E-state index is -1.38. The topological polar surface area (TPSA) is 110 Å². The number of nitrogens with two attached hydrogens (primary N) is 1. The minimum absolute atomic E-state index is 0.385. The van der Waals surface area contributed by atoms with Gasteiger partial charge in [-0.05, 0) is 12.1 Å². The third-order valence-electron chi connectivity index (χ3n) is 2.09. The summed E-state index contributed by atoms with van der Waals surface area (Å²) in [6.07, 6.45) is -1.57. The van der Waals surface area contributed by atoms with Crippen LogP contribution in [-0.4, -0.2) is 34.3 Å². The van der Waals surface area contributed by atoms with Gasteiger partial charge < -0.3 is 20.7 Å². The fraction of sp³-hybridized carbons (Fsp3) is 0.273. The lowest BCUT2D eigenvalue weighted by atomic mass is 10.1. The second-order valence-corrected chi connectivity index (χ2v) is 3.43. The minimum Gasteiger partial charge on any atom is -0.488 e. The highest BCUT2D eigenvalue weighted by atomic mass is 16.5. The first kappa shape index (κ1) is 13.0.